The molecule has 2 heterocycles. The van der Waals surface area contributed by atoms with Crippen LogP contribution in [0.1, 0.15) is 18.4 Å². The highest BCUT2D eigenvalue weighted by Gasteiger charge is 2.13. The van der Waals surface area contributed by atoms with Gasteiger partial charge in [0.2, 0.25) is 5.88 Å². The van der Waals surface area contributed by atoms with Crippen LogP contribution in [-0.4, -0.2) is 42.0 Å². The molecule has 1 fully saturated rings. The number of benzene rings is 1. The quantitative estimate of drug-likeness (QED) is 0.650. The molecule has 5 nitrogen and oxygen atoms in total. The van der Waals surface area contributed by atoms with Crippen LogP contribution < -0.4 is 10.5 Å². The molecule has 1 aromatic carbocycles. The van der Waals surface area contributed by atoms with Crippen LogP contribution in [0.15, 0.2) is 30.3 Å². The number of nitrogens with zero attached hydrogens (tertiary/aromatic N) is 2. The fourth-order valence-electron chi connectivity index (χ4n) is 2.68. The van der Waals surface area contributed by atoms with Crippen molar-refractivity contribution in [3.8, 4) is 5.88 Å². The zero-order valence-corrected chi connectivity index (χ0v) is 12.0. The lowest BCUT2D eigenvalue weighted by atomic mass is 10.1. The van der Waals surface area contributed by atoms with Gasteiger partial charge in [-0.15, -0.1) is 0 Å². The Labute approximate surface area is 124 Å². The van der Waals surface area contributed by atoms with E-state index in [1.807, 2.05) is 30.3 Å². The fraction of sp³-hybridized carbons (Fsp3) is 0.375. The molecule has 3 N–H and O–H groups in total. The van der Waals surface area contributed by atoms with E-state index in [1.165, 1.54) is 12.8 Å². The molecule has 0 atom stereocenters. The van der Waals surface area contributed by atoms with Crippen molar-refractivity contribution in [3.05, 3.63) is 35.9 Å². The summed E-state index contributed by atoms with van der Waals surface area (Å²) in [6, 6.07) is 9.66. The maximum atomic E-state index is 7.70. The molecule has 21 heavy (non-hydrogen) atoms. The second kappa shape index (κ2) is 6.10. The maximum absolute atomic E-state index is 7.70. The summed E-state index contributed by atoms with van der Waals surface area (Å²) in [4.78, 5) is 6.88. The molecular weight excluding hydrogens is 264 g/mol. The highest BCUT2D eigenvalue weighted by atomic mass is 16.5. The van der Waals surface area contributed by atoms with Gasteiger partial charge >= 0.3 is 0 Å². The lowest BCUT2D eigenvalue weighted by molar-refractivity contribution is 0.232. The maximum Gasteiger partial charge on any atom is 0.225 e. The van der Waals surface area contributed by atoms with E-state index >= 15 is 0 Å². The second-order valence-corrected chi connectivity index (χ2v) is 5.34. The summed E-state index contributed by atoms with van der Waals surface area (Å²) in [7, 11) is 0. The number of aromatic nitrogens is 1. The van der Waals surface area contributed by atoms with E-state index in [-0.39, 0.29) is 5.84 Å². The Morgan fingerprint density at radius 3 is 2.81 bits per heavy atom. The molecule has 1 saturated heterocycles. The average Bonchev–Trinajstić information content (AvgIpc) is 2.99. The number of pyridine rings is 1. The first kappa shape index (κ1) is 13.8. The number of amidine groups is 1. The zero-order chi connectivity index (χ0) is 14.7. The van der Waals surface area contributed by atoms with Crippen molar-refractivity contribution in [2.24, 2.45) is 5.73 Å². The normalized spacial score (nSPS) is 15.4. The Balaban J connectivity index is 1.78. The molecule has 1 aliphatic rings. The minimum atomic E-state index is -0.00979. The first-order chi connectivity index (χ1) is 10.2. The van der Waals surface area contributed by atoms with Gasteiger partial charge in [0.05, 0.1) is 11.1 Å². The third-order valence-electron chi connectivity index (χ3n) is 3.82. The Morgan fingerprint density at radius 2 is 2.05 bits per heavy atom. The number of ether oxygens (including phenoxy) is 1. The van der Waals surface area contributed by atoms with Crippen molar-refractivity contribution in [3.63, 3.8) is 0 Å². The Kier molecular flexibility index (Phi) is 4.01. The van der Waals surface area contributed by atoms with Crippen molar-refractivity contribution < 1.29 is 4.74 Å². The van der Waals surface area contributed by atoms with E-state index in [9.17, 15) is 0 Å². The van der Waals surface area contributed by atoms with Crippen LogP contribution in [0.2, 0.25) is 0 Å². The molecule has 0 radical (unpaired) electrons. The van der Waals surface area contributed by atoms with E-state index in [1.54, 1.807) is 0 Å². The molecular formula is C16H20N4O. The van der Waals surface area contributed by atoms with Gasteiger partial charge in [0.15, 0.2) is 0 Å². The smallest absolute Gasteiger partial charge is 0.225 e. The van der Waals surface area contributed by atoms with E-state index < -0.39 is 0 Å². The van der Waals surface area contributed by atoms with Gasteiger partial charge in [-0.1, -0.05) is 18.2 Å². The minimum Gasteiger partial charge on any atom is -0.476 e. The van der Waals surface area contributed by atoms with E-state index in [4.69, 9.17) is 15.9 Å². The molecule has 0 unspecified atom stereocenters. The number of hydrogen-bond donors (Lipinski definition) is 2. The van der Waals surface area contributed by atoms with Crippen molar-refractivity contribution >= 4 is 16.7 Å². The number of nitrogens with one attached hydrogen (secondary N) is 1. The van der Waals surface area contributed by atoms with Crippen molar-refractivity contribution in [1.82, 2.24) is 9.88 Å². The summed E-state index contributed by atoms with van der Waals surface area (Å²) in [6.45, 7) is 3.76. The molecule has 3 rings (SSSR count). The largest absolute Gasteiger partial charge is 0.476 e. The van der Waals surface area contributed by atoms with Crippen LogP contribution in [0.5, 0.6) is 5.88 Å². The third kappa shape index (κ3) is 3.13. The van der Waals surface area contributed by atoms with Crippen LogP contribution in [0.4, 0.5) is 0 Å². The van der Waals surface area contributed by atoms with Gasteiger partial charge in [-0.25, -0.2) is 4.98 Å². The van der Waals surface area contributed by atoms with Gasteiger partial charge in [0.25, 0.3) is 0 Å². The molecule has 1 aliphatic heterocycles. The summed E-state index contributed by atoms with van der Waals surface area (Å²) >= 11 is 0. The monoisotopic (exact) mass is 284 g/mol. The number of nitrogens with two attached hydrogens (primary N) is 1. The van der Waals surface area contributed by atoms with Gasteiger partial charge in [-0.2, -0.15) is 0 Å². The van der Waals surface area contributed by atoms with Crippen LogP contribution in [-0.2, 0) is 0 Å². The summed E-state index contributed by atoms with van der Waals surface area (Å²) in [5.74, 6) is 0.449. The standard InChI is InChI=1S/C16H20N4O/c17-15(18)13-11-12-5-1-2-6-14(12)19-16(13)21-10-9-20-7-3-4-8-20/h1-2,5-6,11H,3-4,7-10H2,(H3,17,18). The van der Waals surface area contributed by atoms with Gasteiger partial charge < -0.3 is 10.5 Å². The first-order valence-electron chi connectivity index (χ1n) is 7.33. The summed E-state index contributed by atoms with van der Waals surface area (Å²) in [6.07, 6.45) is 2.54. The molecule has 0 saturated carbocycles. The Morgan fingerprint density at radius 1 is 1.29 bits per heavy atom. The topological polar surface area (TPSA) is 75.2 Å². The van der Waals surface area contributed by atoms with Crippen LogP contribution in [0.25, 0.3) is 10.9 Å². The van der Waals surface area contributed by atoms with Gasteiger partial charge in [-0.05, 0) is 38.1 Å². The average molecular weight is 284 g/mol. The third-order valence-corrected chi connectivity index (χ3v) is 3.82. The summed E-state index contributed by atoms with van der Waals surface area (Å²) in [5, 5.41) is 8.67. The number of rotatable bonds is 5. The highest BCUT2D eigenvalue weighted by molar-refractivity contribution is 6.00. The Hall–Kier alpha value is -2.14. The lowest BCUT2D eigenvalue weighted by Gasteiger charge is -2.16. The molecule has 0 amide bonds. The Bertz CT molecular complexity index is 650. The molecule has 0 aliphatic carbocycles. The zero-order valence-electron chi connectivity index (χ0n) is 12.0. The molecule has 110 valence electrons. The van der Waals surface area contributed by atoms with E-state index in [0.29, 0.717) is 18.1 Å². The van der Waals surface area contributed by atoms with E-state index in [2.05, 4.69) is 9.88 Å². The lowest BCUT2D eigenvalue weighted by Crippen LogP contribution is -2.25. The molecule has 5 heteroatoms. The fourth-order valence-corrected chi connectivity index (χ4v) is 2.68. The van der Waals surface area contributed by atoms with Crippen molar-refractivity contribution in [2.75, 3.05) is 26.2 Å². The number of likely N-dealkylation sites (tertiary alicyclic amines) is 1. The van der Waals surface area contributed by atoms with Crippen LogP contribution in [0, 0.1) is 5.41 Å². The number of fused-ring (bicyclic) bond motifs is 1. The molecule has 2 aromatic rings. The minimum absolute atomic E-state index is 0.00979. The SMILES string of the molecule is N=C(N)c1cc2ccccc2nc1OCCN1CCCC1. The highest BCUT2D eigenvalue weighted by Crippen LogP contribution is 2.22. The first-order valence-corrected chi connectivity index (χ1v) is 7.33. The van der Waals surface area contributed by atoms with Gasteiger partial charge in [0.1, 0.15) is 12.4 Å². The van der Waals surface area contributed by atoms with Gasteiger partial charge in [-0.3, -0.25) is 10.3 Å². The molecule has 0 bridgehead atoms. The second-order valence-electron chi connectivity index (χ2n) is 5.34. The van der Waals surface area contributed by atoms with Crippen LogP contribution in [0.3, 0.4) is 0 Å². The van der Waals surface area contributed by atoms with Crippen molar-refractivity contribution in [2.45, 2.75) is 12.8 Å². The van der Waals surface area contributed by atoms with Gasteiger partial charge in [0, 0.05) is 11.9 Å². The predicted molar refractivity (Wildman–Crippen MR) is 83.9 cm³/mol. The number of para-hydroxylation sites is 1. The summed E-state index contributed by atoms with van der Waals surface area (Å²) < 4.78 is 5.79. The number of nitrogen functional groups attached to an aromatic ring is 1. The molecule has 0 spiro atoms. The van der Waals surface area contributed by atoms with Crippen LogP contribution >= 0.6 is 0 Å². The van der Waals surface area contributed by atoms with Crippen molar-refractivity contribution in [1.29, 1.82) is 5.41 Å². The number of hydrogen-bond acceptors (Lipinski definition) is 4. The van der Waals surface area contributed by atoms with E-state index in [0.717, 1.165) is 30.5 Å². The predicted octanol–water partition coefficient (Wildman–Crippen LogP) is 1.99. The molecule has 1 aromatic heterocycles. The summed E-state index contributed by atoms with van der Waals surface area (Å²) in [5.41, 5.74) is 7.08.